The third-order valence-corrected chi connectivity index (χ3v) is 2.21. The summed E-state index contributed by atoms with van der Waals surface area (Å²) in [5.41, 5.74) is 5.59. The fourth-order valence-electron chi connectivity index (χ4n) is 0.876. The number of anilines is 2. The van der Waals surface area contributed by atoms with Crippen LogP contribution in [0.2, 0.25) is 0 Å². The van der Waals surface area contributed by atoms with Crippen molar-refractivity contribution in [1.82, 2.24) is 0 Å². The molecule has 0 aliphatic carbocycles. The van der Waals surface area contributed by atoms with Gasteiger partial charge < -0.3 is 15.4 Å². The van der Waals surface area contributed by atoms with Crippen molar-refractivity contribution in [2.45, 2.75) is 4.90 Å². The number of nitrogens with two attached hydrogens (primary N) is 2. The highest BCUT2D eigenvalue weighted by Gasteiger charge is 2.07. The van der Waals surface area contributed by atoms with Gasteiger partial charge in [-0.3, -0.25) is 11.7 Å². The second kappa shape index (κ2) is 4.19. The fourth-order valence-corrected chi connectivity index (χ4v) is 1.42. The van der Waals surface area contributed by atoms with Crippen molar-refractivity contribution >= 4 is 22.5 Å². The minimum absolute atomic E-state index is 0.179. The maximum absolute atomic E-state index is 10.8. The van der Waals surface area contributed by atoms with E-state index >= 15 is 0 Å². The van der Waals surface area contributed by atoms with E-state index in [1.54, 1.807) is 12.1 Å². The van der Waals surface area contributed by atoms with Crippen LogP contribution in [0, 0.1) is 0 Å². The molecule has 0 radical (unpaired) electrons. The number of nitrogens with one attached hydrogen (secondary N) is 2. The van der Waals surface area contributed by atoms with Crippen LogP contribution in [0.3, 0.4) is 0 Å². The Morgan fingerprint density at radius 2 is 2.00 bits per heavy atom. The summed E-state index contributed by atoms with van der Waals surface area (Å²) in [5.74, 6) is 10.3. The molecule has 0 aliphatic heterocycles. The van der Waals surface area contributed by atoms with Gasteiger partial charge in [0.1, 0.15) is 0 Å². The number of nitrogen functional groups attached to an aromatic ring is 2. The molecule has 7 N–H and O–H groups in total. The van der Waals surface area contributed by atoms with Crippen LogP contribution in [0.1, 0.15) is 0 Å². The van der Waals surface area contributed by atoms with Gasteiger partial charge in [-0.05, 0) is 18.2 Å². The molecule has 1 rings (SSSR count). The number of hydrogen-bond acceptors (Lipinski definition) is 5. The first-order chi connectivity index (χ1) is 6.19. The van der Waals surface area contributed by atoms with Gasteiger partial charge >= 0.3 is 0 Å². The predicted octanol–water partition coefficient (Wildman–Crippen LogP) is -0.162. The van der Waals surface area contributed by atoms with E-state index in [1.165, 1.54) is 6.07 Å². The molecule has 7 heteroatoms. The number of rotatable bonds is 3. The van der Waals surface area contributed by atoms with Gasteiger partial charge in [0.05, 0.1) is 10.6 Å². The zero-order valence-corrected chi connectivity index (χ0v) is 7.47. The van der Waals surface area contributed by atoms with Crippen molar-refractivity contribution in [2.24, 2.45) is 11.7 Å². The largest absolute Gasteiger partial charge is 0.324 e. The SMILES string of the molecule is NNc1ccc(NN)c(S(=O)O)c1. The monoisotopic (exact) mass is 202 g/mol. The molecule has 13 heavy (non-hydrogen) atoms. The Morgan fingerprint density at radius 1 is 1.31 bits per heavy atom. The molecule has 0 amide bonds. The Hall–Kier alpha value is -1.15. The lowest BCUT2D eigenvalue weighted by molar-refractivity contribution is 0.564. The summed E-state index contributed by atoms with van der Waals surface area (Å²) in [5, 5.41) is 0. The van der Waals surface area contributed by atoms with Gasteiger partial charge in [-0.1, -0.05) is 0 Å². The highest BCUT2D eigenvalue weighted by molar-refractivity contribution is 7.79. The van der Waals surface area contributed by atoms with E-state index < -0.39 is 11.1 Å². The lowest BCUT2D eigenvalue weighted by atomic mass is 10.3. The lowest BCUT2D eigenvalue weighted by Crippen LogP contribution is -2.11. The minimum atomic E-state index is -2.09. The summed E-state index contributed by atoms with van der Waals surface area (Å²) < 4.78 is 19.7. The van der Waals surface area contributed by atoms with E-state index in [9.17, 15) is 4.21 Å². The molecule has 0 spiro atoms. The third-order valence-electron chi connectivity index (χ3n) is 1.49. The van der Waals surface area contributed by atoms with Crippen LogP contribution in [0.15, 0.2) is 23.1 Å². The van der Waals surface area contributed by atoms with E-state index in [2.05, 4.69) is 10.9 Å². The second-order valence-corrected chi connectivity index (χ2v) is 3.19. The summed E-state index contributed by atoms with van der Waals surface area (Å²) in [6.07, 6.45) is 0. The summed E-state index contributed by atoms with van der Waals surface area (Å²) in [4.78, 5) is 0.179. The molecule has 0 bridgehead atoms. The molecule has 1 atom stereocenters. The summed E-state index contributed by atoms with van der Waals surface area (Å²) in [6, 6.07) is 4.62. The molecule has 0 aliphatic rings. The Bertz CT molecular complexity index is 330. The maximum Gasteiger partial charge on any atom is 0.188 e. The summed E-state index contributed by atoms with van der Waals surface area (Å²) in [7, 11) is 0. The zero-order chi connectivity index (χ0) is 9.84. The van der Waals surface area contributed by atoms with Crippen LogP contribution in [-0.4, -0.2) is 8.76 Å². The maximum atomic E-state index is 10.8. The predicted molar refractivity (Wildman–Crippen MR) is 51.1 cm³/mol. The molecule has 1 aromatic rings. The molecular weight excluding hydrogens is 192 g/mol. The first kappa shape index (κ1) is 9.93. The Balaban J connectivity index is 3.18. The van der Waals surface area contributed by atoms with Gasteiger partial charge in [-0.2, -0.15) is 0 Å². The average Bonchev–Trinajstić information content (AvgIpc) is 2.16. The molecule has 0 aromatic heterocycles. The quantitative estimate of drug-likeness (QED) is 0.264. The molecule has 1 unspecified atom stereocenters. The van der Waals surface area contributed by atoms with Crippen molar-refractivity contribution in [2.75, 3.05) is 10.9 Å². The van der Waals surface area contributed by atoms with Gasteiger partial charge in [-0.25, -0.2) is 4.21 Å². The summed E-state index contributed by atoms with van der Waals surface area (Å²) in [6.45, 7) is 0. The molecular formula is C6H10N4O2S. The van der Waals surface area contributed by atoms with E-state index in [-0.39, 0.29) is 4.90 Å². The molecule has 72 valence electrons. The normalized spacial score (nSPS) is 12.2. The Labute approximate surface area is 77.5 Å². The van der Waals surface area contributed by atoms with Crippen LogP contribution in [0.25, 0.3) is 0 Å². The van der Waals surface area contributed by atoms with Crippen molar-refractivity contribution in [3.05, 3.63) is 18.2 Å². The van der Waals surface area contributed by atoms with Crippen molar-refractivity contribution in [3.8, 4) is 0 Å². The first-order valence-corrected chi connectivity index (χ1v) is 4.48. The van der Waals surface area contributed by atoms with Crippen LogP contribution in [0.5, 0.6) is 0 Å². The van der Waals surface area contributed by atoms with E-state index in [1.807, 2.05) is 0 Å². The van der Waals surface area contributed by atoms with Crippen LogP contribution in [0.4, 0.5) is 11.4 Å². The molecule has 0 fully saturated rings. The fraction of sp³-hybridized carbons (Fsp3) is 0. The zero-order valence-electron chi connectivity index (χ0n) is 6.65. The third kappa shape index (κ3) is 2.16. The summed E-state index contributed by atoms with van der Waals surface area (Å²) >= 11 is -2.09. The van der Waals surface area contributed by atoms with Gasteiger partial charge in [0.25, 0.3) is 0 Å². The highest BCUT2D eigenvalue weighted by atomic mass is 32.2. The van der Waals surface area contributed by atoms with Crippen molar-refractivity contribution < 1.29 is 8.76 Å². The van der Waals surface area contributed by atoms with Crippen molar-refractivity contribution in [1.29, 1.82) is 0 Å². The number of hydrazine groups is 2. The lowest BCUT2D eigenvalue weighted by Gasteiger charge is -2.07. The van der Waals surface area contributed by atoms with Crippen LogP contribution in [-0.2, 0) is 11.1 Å². The molecule has 6 nitrogen and oxygen atoms in total. The van der Waals surface area contributed by atoms with Gasteiger partial charge in [0.15, 0.2) is 11.1 Å². The van der Waals surface area contributed by atoms with E-state index in [0.29, 0.717) is 11.4 Å². The standard InChI is InChI=1S/C6H10N4O2S/c7-9-4-1-2-5(10-8)6(3-4)13(11)12/h1-3,9-10H,7-8H2,(H,11,12). The average molecular weight is 202 g/mol. The molecule has 1 aromatic carbocycles. The van der Waals surface area contributed by atoms with E-state index in [0.717, 1.165) is 0 Å². The first-order valence-electron chi connectivity index (χ1n) is 3.37. The topological polar surface area (TPSA) is 113 Å². The molecule has 0 heterocycles. The highest BCUT2D eigenvalue weighted by Crippen LogP contribution is 2.21. The smallest absolute Gasteiger partial charge is 0.188 e. The molecule has 0 saturated heterocycles. The van der Waals surface area contributed by atoms with Crippen LogP contribution >= 0.6 is 0 Å². The van der Waals surface area contributed by atoms with Crippen LogP contribution < -0.4 is 22.5 Å². The minimum Gasteiger partial charge on any atom is -0.324 e. The second-order valence-electron chi connectivity index (χ2n) is 2.25. The van der Waals surface area contributed by atoms with Gasteiger partial charge in [0.2, 0.25) is 0 Å². The number of benzene rings is 1. The van der Waals surface area contributed by atoms with Gasteiger partial charge in [-0.15, -0.1) is 0 Å². The van der Waals surface area contributed by atoms with Crippen molar-refractivity contribution in [3.63, 3.8) is 0 Å². The number of hydrogen-bond donors (Lipinski definition) is 5. The Morgan fingerprint density at radius 3 is 2.46 bits per heavy atom. The Kier molecular flexibility index (Phi) is 3.20. The van der Waals surface area contributed by atoms with E-state index in [4.69, 9.17) is 16.2 Å². The van der Waals surface area contributed by atoms with Gasteiger partial charge in [0, 0.05) is 5.69 Å². The molecule has 0 saturated carbocycles.